The monoisotopic (exact) mass is 409 g/mol. The molecule has 1 unspecified atom stereocenters. The second kappa shape index (κ2) is 9.49. The minimum atomic E-state index is -0.361. The van der Waals surface area contributed by atoms with E-state index >= 15 is 0 Å². The molecule has 0 radical (unpaired) electrons. The van der Waals surface area contributed by atoms with E-state index in [9.17, 15) is 10.1 Å². The van der Waals surface area contributed by atoms with Crippen LogP contribution in [0.15, 0.2) is 72.4 Å². The Morgan fingerprint density at radius 1 is 1.03 bits per heavy atom. The number of aryl methyl sites for hydroxylation is 2. The summed E-state index contributed by atoms with van der Waals surface area (Å²) in [4.78, 5) is 12.8. The Kier molecular flexibility index (Phi) is 6.33. The first-order chi connectivity index (χ1) is 15.2. The molecule has 0 heterocycles. The predicted octanol–water partition coefficient (Wildman–Crippen LogP) is 5.81. The van der Waals surface area contributed by atoms with Gasteiger partial charge < -0.3 is 10.6 Å². The minimum absolute atomic E-state index is 0.0598. The quantitative estimate of drug-likeness (QED) is 0.399. The fraction of sp³-hybridized carbons (Fsp3) is 0.259. The molecule has 0 saturated carbocycles. The molecule has 4 heteroatoms. The number of amides is 1. The molecule has 4 nitrogen and oxygen atoms in total. The molecule has 2 N–H and O–H groups in total. The van der Waals surface area contributed by atoms with Crippen LogP contribution >= 0.6 is 0 Å². The molecule has 4 rings (SSSR count). The lowest BCUT2D eigenvalue weighted by Crippen LogP contribution is -2.29. The maximum absolute atomic E-state index is 12.8. The van der Waals surface area contributed by atoms with Gasteiger partial charge in [-0.25, -0.2) is 0 Å². The van der Waals surface area contributed by atoms with E-state index in [4.69, 9.17) is 0 Å². The molecule has 0 spiro atoms. The predicted molar refractivity (Wildman–Crippen MR) is 126 cm³/mol. The molecule has 1 atom stereocenters. The first kappa shape index (κ1) is 20.7. The zero-order valence-electron chi connectivity index (χ0n) is 17.8. The molecule has 0 aliphatic heterocycles. The number of nitrogens with zero attached hydrogens (tertiary/aromatic N) is 1. The van der Waals surface area contributed by atoms with Gasteiger partial charge in [-0.05, 0) is 71.7 Å². The van der Waals surface area contributed by atoms with E-state index < -0.39 is 0 Å². The average Bonchev–Trinajstić information content (AvgIpc) is 2.82. The van der Waals surface area contributed by atoms with Crippen molar-refractivity contribution in [3.8, 4) is 6.07 Å². The van der Waals surface area contributed by atoms with Crippen molar-refractivity contribution >= 4 is 22.4 Å². The van der Waals surface area contributed by atoms with Crippen molar-refractivity contribution in [2.45, 2.75) is 45.1 Å². The maximum Gasteiger partial charge on any atom is 0.263 e. The van der Waals surface area contributed by atoms with Gasteiger partial charge in [-0.15, -0.1) is 0 Å². The van der Waals surface area contributed by atoms with Gasteiger partial charge in [0.25, 0.3) is 5.91 Å². The number of nitrogens with one attached hydrogen (secondary N) is 2. The van der Waals surface area contributed by atoms with E-state index in [1.165, 1.54) is 30.2 Å². The van der Waals surface area contributed by atoms with E-state index in [1.807, 2.05) is 49.4 Å². The number of fused-ring (bicyclic) bond motifs is 2. The largest absolute Gasteiger partial charge is 0.360 e. The van der Waals surface area contributed by atoms with Crippen molar-refractivity contribution in [3.05, 3.63) is 89.1 Å². The molecule has 3 aromatic rings. The normalized spacial score (nSPS) is 14.4. The molecule has 0 bridgehead atoms. The highest BCUT2D eigenvalue weighted by Gasteiger charge is 2.18. The smallest absolute Gasteiger partial charge is 0.263 e. The summed E-state index contributed by atoms with van der Waals surface area (Å²) < 4.78 is 0. The lowest BCUT2D eigenvalue weighted by atomic mass is 9.88. The minimum Gasteiger partial charge on any atom is -0.360 e. The van der Waals surface area contributed by atoms with Crippen LogP contribution in [-0.2, 0) is 17.6 Å². The van der Waals surface area contributed by atoms with Crippen LogP contribution in [0.4, 0.5) is 5.69 Å². The maximum atomic E-state index is 12.8. The summed E-state index contributed by atoms with van der Waals surface area (Å²) in [5, 5.41) is 17.9. The molecule has 1 aliphatic carbocycles. The zero-order valence-corrected chi connectivity index (χ0v) is 17.8. The summed E-state index contributed by atoms with van der Waals surface area (Å²) in [5.74, 6) is -0.361. The van der Waals surface area contributed by atoms with Crippen LogP contribution < -0.4 is 10.6 Å². The third kappa shape index (κ3) is 4.78. The van der Waals surface area contributed by atoms with E-state index in [-0.39, 0.29) is 17.5 Å². The van der Waals surface area contributed by atoms with Crippen LogP contribution in [0.3, 0.4) is 0 Å². The van der Waals surface area contributed by atoms with Gasteiger partial charge in [-0.2, -0.15) is 5.26 Å². The van der Waals surface area contributed by atoms with Crippen LogP contribution in [0.5, 0.6) is 0 Å². The van der Waals surface area contributed by atoms with Gasteiger partial charge in [0.1, 0.15) is 11.6 Å². The van der Waals surface area contributed by atoms with E-state index in [0.29, 0.717) is 0 Å². The molecule has 3 aromatic carbocycles. The van der Waals surface area contributed by atoms with E-state index in [2.05, 4.69) is 34.9 Å². The Morgan fingerprint density at radius 2 is 1.81 bits per heavy atom. The molecule has 1 amide bonds. The second-order valence-electron chi connectivity index (χ2n) is 8.05. The molecular formula is C27H27N3O. The second-order valence-corrected chi connectivity index (χ2v) is 8.05. The molecule has 0 aromatic heterocycles. The van der Waals surface area contributed by atoms with Gasteiger partial charge in [0.05, 0.1) is 6.04 Å². The van der Waals surface area contributed by atoms with Crippen molar-refractivity contribution in [1.29, 1.82) is 5.26 Å². The Hall–Kier alpha value is -3.58. The molecule has 156 valence electrons. The number of rotatable bonds is 6. The van der Waals surface area contributed by atoms with Gasteiger partial charge in [0, 0.05) is 11.9 Å². The number of hydrogen-bond acceptors (Lipinski definition) is 3. The average molecular weight is 410 g/mol. The molecule has 0 saturated heterocycles. The first-order valence-corrected chi connectivity index (χ1v) is 11.0. The Balaban J connectivity index is 1.47. The Morgan fingerprint density at radius 3 is 2.58 bits per heavy atom. The van der Waals surface area contributed by atoms with Crippen molar-refractivity contribution < 1.29 is 4.79 Å². The van der Waals surface area contributed by atoms with Crippen LogP contribution in [-0.4, -0.2) is 5.91 Å². The highest BCUT2D eigenvalue weighted by molar-refractivity contribution is 5.98. The number of hydrogen-bond donors (Lipinski definition) is 2. The summed E-state index contributed by atoms with van der Waals surface area (Å²) >= 11 is 0. The molecule has 1 aliphatic rings. The highest BCUT2D eigenvalue weighted by Crippen LogP contribution is 2.26. The van der Waals surface area contributed by atoms with E-state index in [1.54, 1.807) is 0 Å². The number of carbonyl (C=O) groups is 1. The number of benzene rings is 3. The van der Waals surface area contributed by atoms with Crippen LogP contribution in [0.1, 0.15) is 48.9 Å². The van der Waals surface area contributed by atoms with Crippen LogP contribution in [0.2, 0.25) is 0 Å². The van der Waals surface area contributed by atoms with Gasteiger partial charge in [-0.1, -0.05) is 55.5 Å². The van der Waals surface area contributed by atoms with Gasteiger partial charge >= 0.3 is 0 Å². The standard InChI is InChI=1S/C27H27N3O/c1-2-26(23-12-11-19-7-3-5-9-21(19)15-23)30-27(31)24(17-28)18-29-25-14-13-20-8-4-6-10-22(20)16-25/h4,6,8,10-16,18,26,29H,2-3,5,7,9H2,1H3,(H,30,31)/b24-18-. The Bertz CT molecular complexity index is 1170. The third-order valence-electron chi connectivity index (χ3n) is 5.99. The fourth-order valence-corrected chi connectivity index (χ4v) is 4.21. The summed E-state index contributed by atoms with van der Waals surface area (Å²) in [5.41, 5.74) is 4.82. The van der Waals surface area contributed by atoms with Gasteiger partial charge in [0.2, 0.25) is 0 Å². The highest BCUT2D eigenvalue weighted by atomic mass is 16.1. The fourth-order valence-electron chi connectivity index (χ4n) is 4.21. The van der Waals surface area contributed by atoms with Gasteiger partial charge in [0.15, 0.2) is 0 Å². The Labute approximate surface area is 183 Å². The van der Waals surface area contributed by atoms with Crippen molar-refractivity contribution in [3.63, 3.8) is 0 Å². The first-order valence-electron chi connectivity index (χ1n) is 11.0. The zero-order chi connectivity index (χ0) is 21.6. The molecular weight excluding hydrogens is 382 g/mol. The topological polar surface area (TPSA) is 64.9 Å². The van der Waals surface area contributed by atoms with E-state index in [0.717, 1.165) is 41.3 Å². The molecule has 31 heavy (non-hydrogen) atoms. The van der Waals surface area contributed by atoms with Crippen molar-refractivity contribution in [2.24, 2.45) is 0 Å². The summed E-state index contributed by atoms with van der Waals surface area (Å²) in [6.07, 6.45) is 6.97. The summed E-state index contributed by atoms with van der Waals surface area (Å²) in [6, 6.07) is 22.5. The lowest BCUT2D eigenvalue weighted by Gasteiger charge is -2.21. The molecule has 0 fully saturated rings. The van der Waals surface area contributed by atoms with Crippen molar-refractivity contribution in [1.82, 2.24) is 5.32 Å². The third-order valence-corrected chi connectivity index (χ3v) is 5.99. The SMILES string of the molecule is CCC(NC(=O)/C(C#N)=C\Nc1ccc2ccccc2c1)c1ccc2c(c1)CCCC2. The number of anilines is 1. The summed E-state index contributed by atoms with van der Waals surface area (Å²) in [6.45, 7) is 2.05. The number of nitriles is 1. The lowest BCUT2D eigenvalue weighted by molar-refractivity contribution is -0.117. The van der Waals surface area contributed by atoms with Gasteiger partial charge in [-0.3, -0.25) is 4.79 Å². The summed E-state index contributed by atoms with van der Waals surface area (Å²) in [7, 11) is 0. The van der Waals surface area contributed by atoms with Crippen LogP contribution in [0.25, 0.3) is 10.8 Å². The van der Waals surface area contributed by atoms with Crippen LogP contribution in [0, 0.1) is 11.3 Å². The number of carbonyl (C=O) groups excluding carboxylic acids is 1. The van der Waals surface area contributed by atoms with Crippen molar-refractivity contribution in [2.75, 3.05) is 5.32 Å².